The summed E-state index contributed by atoms with van der Waals surface area (Å²) in [5.74, 6) is 0. The van der Waals surface area contributed by atoms with Crippen molar-refractivity contribution in [3.05, 3.63) is 22.3 Å². The standard InChI is InChI=1S/C10H8N4S/c1-15-10-8-6(3-11-4-13-8)2-7-9(10)14-5-12-7/h2-3,5H,4H2,1H3. The minimum atomic E-state index is 0.514. The van der Waals surface area contributed by atoms with Crippen LogP contribution in [0.4, 0.5) is 5.69 Å². The SMILES string of the molecule is CSc1c2c(cc3c1=NCN=C3)=NC=N2. The van der Waals surface area contributed by atoms with Crippen LogP contribution in [0.25, 0.3) is 0 Å². The van der Waals surface area contributed by atoms with Crippen molar-refractivity contribution in [3.63, 3.8) is 0 Å². The second-order valence-corrected chi connectivity index (χ2v) is 4.02. The van der Waals surface area contributed by atoms with Crippen LogP contribution in [0.15, 0.2) is 30.9 Å². The van der Waals surface area contributed by atoms with Gasteiger partial charge in [0.2, 0.25) is 0 Å². The van der Waals surface area contributed by atoms with E-state index in [1.165, 1.54) is 0 Å². The molecule has 0 N–H and O–H groups in total. The van der Waals surface area contributed by atoms with Crippen molar-refractivity contribution in [2.24, 2.45) is 20.0 Å². The summed E-state index contributed by atoms with van der Waals surface area (Å²) in [6.07, 6.45) is 5.48. The van der Waals surface area contributed by atoms with Crippen LogP contribution in [-0.4, -0.2) is 25.5 Å². The third kappa shape index (κ3) is 1.23. The summed E-state index contributed by atoms with van der Waals surface area (Å²) in [6.45, 7) is 0.514. The quantitative estimate of drug-likeness (QED) is 0.638. The molecular weight excluding hydrogens is 208 g/mol. The van der Waals surface area contributed by atoms with Crippen LogP contribution in [-0.2, 0) is 0 Å². The number of thioether (sulfide) groups is 1. The second-order valence-electron chi connectivity index (χ2n) is 3.20. The fourth-order valence-electron chi connectivity index (χ4n) is 1.72. The molecule has 2 heterocycles. The van der Waals surface area contributed by atoms with E-state index < -0.39 is 0 Å². The number of rotatable bonds is 1. The first-order chi connectivity index (χ1) is 7.40. The van der Waals surface area contributed by atoms with E-state index in [4.69, 9.17) is 0 Å². The van der Waals surface area contributed by atoms with Crippen LogP contribution in [0.3, 0.4) is 0 Å². The van der Waals surface area contributed by atoms with E-state index in [0.29, 0.717) is 6.67 Å². The third-order valence-corrected chi connectivity index (χ3v) is 3.16. The van der Waals surface area contributed by atoms with Crippen molar-refractivity contribution in [2.75, 3.05) is 12.9 Å². The zero-order valence-electron chi connectivity index (χ0n) is 8.14. The van der Waals surface area contributed by atoms with Gasteiger partial charge in [0.05, 0.1) is 15.6 Å². The maximum Gasteiger partial charge on any atom is 0.130 e. The molecule has 2 aliphatic rings. The molecule has 0 aromatic heterocycles. The van der Waals surface area contributed by atoms with Gasteiger partial charge in [-0.25, -0.2) is 9.98 Å². The molecule has 0 amide bonds. The number of aliphatic imine (C=N–C) groups is 2. The Morgan fingerprint density at radius 1 is 1.40 bits per heavy atom. The maximum absolute atomic E-state index is 4.41. The molecular formula is C10H8N4S. The number of hydrogen-bond donors (Lipinski definition) is 0. The molecule has 1 aromatic rings. The summed E-state index contributed by atoms with van der Waals surface area (Å²) in [5.41, 5.74) is 1.99. The van der Waals surface area contributed by atoms with Crippen molar-refractivity contribution < 1.29 is 0 Å². The Bertz CT molecular complexity index is 601. The van der Waals surface area contributed by atoms with Gasteiger partial charge in [0.25, 0.3) is 0 Å². The molecule has 0 saturated carbocycles. The maximum atomic E-state index is 4.41. The first-order valence-electron chi connectivity index (χ1n) is 4.56. The number of hydrogen-bond acceptors (Lipinski definition) is 5. The van der Waals surface area contributed by atoms with E-state index in [-0.39, 0.29) is 0 Å². The van der Waals surface area contributed by atoms with Crippen LogP contribution in [0.1, 0.15) is 5.56 Å². The van der Waals surface area contributed by atoms with Gasteiger partial charge in [-0.1, -0.05) is 0 Å². The minimum Gasteiger partial charge on any atom is -0.269 e. The fraction of sp³-hybridized carbons (Fsp3) is 0.200. The van der Waals surface area contributed by atoms with Gasteiger partial charge in [0.15, 0.2) is 0 Å². The molecule has 5 heteroatoms. The molecule has 0 aliphatic carbocycles. The van der Waals surface area contributed by atoms with Crippen LogP contribution >= 0.6 is 11.8 Å². The Morgan fingerprint density at radius 3 is 3.20 bits per heavy atom. The number of nitrogens with zero attached hydrogens (tertiary/aromatic N) is 4. The van der Waals surface area contributed by atoms with Crippen LogP contribution in [0.2, 0.25) is 0 Å². The molecule has 3 rings (SSSR count). The van der Waals surface area contributed by atoms with Crippen LogP contribution in [0.5, 0.6) is 0 Å². The largest absolute Gasteiger partial charge is 0.269 e. The van der Waals surface area contributed by atoms with Gasteiger partial charge in [0, 0.05) is 11.8 Å². The summed E-state index contributed by atoms with van der Waals surface area (Å²) >= 11 is 1.66. The van der Waals surface area contributed by atoms with Gasteiger partial charge >= 0.3 is 0 Å². The van der Waals surface area contributed by atoms with Gasteiger partial charge < -0.3 is 0 Å². The van der Waals surface area contributed by atoms with Crippen molar-refractivity contribution >= 4 is 30.0 Å². The van der Waals surface area contributed by atoms with Gasteiger partial charge in [-0.05, 0) is 12.3 Å². The lowest BCUT2D eigenvalue weighted by atomic mass is 10.2. The summed E-state index contributed by atoms with van der Waals surface area (Å²) < 4.78 is 0. The van der Waals surface area contributed by atoms with Gasteiger partial charge in [-0.15, -0.1) is 11.8 Å². The van der Waals surface area contributed by atoms with E-state index in [9.17, 15) is 0 Å². The molecule has 0 spiro atoms. The minimum absolute atomic E-state index is 0.514. The monoisotopic (exact) mass is 216 g/mol. The molecule has 0 unspecified atom stereocenters. The van der Waals surface area contributed by atoms with E-state index in [1.807, 2.05) is 18.5 Å². The molecule has 2 aliphatic heterocycles. The Balaban J connectivity index is 2.46. The fourth-order valence-corrected chi connectivity index (χ4v) is 2.45. The predicted molar refractivity (Wildman–Crippen MR) is 61.1 cm³/mol. The highest BCUT2D eigenvalue weighted by atomic mass is 32.2. The average Bonchev–Trinajstić information content (AvgIpc) is 2.73. The average molecular weight is 216 g/mol. The molecule has 74 valence electrons. The molecule has 0 fully saturated rings. The molecule has 0 bridgehead atoms. The molecule has 0 saturated heterocycles. The van der Waals surface area contributed by atoms with Gasteiger partial charge in [-0.2, -0.15) is 0 Å². The lowest BCUT2D eigenvalue weighted by molar-refractivity contribution is 0.972. The normalized spacial score (nSPS) is 15.5. The van der Waals surface area contributed by atoms with E-state index in [2.05, 4.69) is 20.0 Å². The highest BCUT2D eigenvalue weighted by Gasteiger charge is 2.13. The van der Waals surface area contributed by atoms with Crippen molar-refractivity contribution in [2.45, 2.75) is 4.90 Å². The Hall–Kier alpha value is -1.49. The highest BCUT2D eigenvalue weighted by molar-refractivity contribution is 7.98. The van der Waals surface area contributed by atoms with Gasteiger partial charge in [0.1, 0.15) is 18.7 Å². The summed E-state index contributed by atoms with van der Waals surface area (Å²) in [5, 5.41) is 1.92. The lowest BCUT2D eigenvalue weighted by Gasteiger charge is -2.06. The Morgan fingerprint density at radius 2 is 2.33 bits per heavy atom. The van der Waals surface area contributed by atoms with Crippen LogP contribution in [0, 0.1) is 0 Å². The number of benzene rings is 1. The summed E-state index contributed by atoms with van der Waals surface area (Å²) in [6, 6.07) is 1.99. The zero-order chi connectivity index (χ0) is 10.3. The first-order valence-corrected chi connectivity index (χ1v) is 5.78. The van der Waals surface area contributed by atoms with Crippen molar-refractivity contribution in [3.8, 4) is 0 Å². The van der Waals surface area contributed by atoms with E-state index in [0.717, 1.165) is 26.9 Å². The molecule has 4 nitrogen and oxygen atoms in total. The van der Waals surface area contributed by atoms with Gasteiger partial charge in [-0.3, -0.25) is 9.98 Å². The molecule has 1 aromatic carbocycles. The predicted octanol–water partition coefficient (Wildman–Crippen LogP) is 0.711. The molecule has 15 heavy (non-hydrogen) atoms. The number of fused-ring (bicyclic) bond motifs is 2. The second kappa shape index (κ2) is 3.27. The molecule has 0 radical (unpaired) electrons. The highest BCUT2D eigenvalue weighted by Crippen LogP contribution is 2.22. The first kappa shape index (κ1) is 8.79. The summed E-state index contributed by atoms with van der Waals surface area (Å²) in [4.78, 5) is 18.1. The smallest absolute Gasteiger partial charge is 0.130 e. The Kier molecular flexibility index (Phi) is 1.92. The van der Waals surface area contributed by atoms with Crippen molar-refractivity contribution in [1.82, 2.24) is 0 Å². The topological polar surface area (TPSA) is 49.4 Å². The van der Waals surface area contributed by atoms with E-state index >= 15 is 0 Å². The van der Waals surface area contributed by atoms with E-state index in [1.54, 1.807) is 18.1 Å². The van der Waals surface area contributed by atoms with Crippen molar-refractivity contribution in [1.29, 1.82) is 0 Å². The Labute approximate surface area is 90.6 Å². The third-order valence-electron chi connectivity index (χ3n) is 2.37. The lowest BCUT2D eigenvalue weighted by Crippen LogP contribution is -2.21. The molecule has 0 atom stereocenters. The van der Waals surface area contributed by atoms with Crippen LogP contribution < -0.4 is 10.7 Å². The summed E-state index contributed by atoms with van der Waals surface area (Å²) in [7, 11) is 0. The zero-order valence-corrected chi connectivity index (χ0v) is 8.95.